The van der Waals surface area contributed by atoms with Crippen LogP contribution in [0.1, 0.15) is 39.5 Å². The third-order valence-corrected chi connectivity index (χ3v) is 3.72. The van der Waals surface area contributed by atoms with E-state index in [1.807, 2.05) is 0 Å². The maximum atomic E-state index is 9.12. The molecule has 1 fully saturated rings. The third kappa shape index (κ3) is 3.74. The molecule has 2 N–H and O–H groups in total. The Balaban J connectivity index is 2.30. The highest BCUT2D eigenvalue weighted by Gasteiger charge is 2.25. The molecule has 0 aromatic rings. The van der Waals surface area contributed by atoms with Crippen LogP contribution in [-0.2, 0) is 0 Å². The normalized spacial score (nSPS) is 29.4. The van der Waals surface area contributed by atoms with Gasteiger partial charge in [0.15, 0.2) is 0 Å². The first-order valence-electron chi connectivity index (χ1n) is 6.25. The van der Waals surface area contributed by atoms with Crippen molar-refractivity contribution in [2.75, 3.05) is 20.2 Å². The van der Waals surface area contributed by atoms with Crippen LogP contribution in [0, 0.1) is 0 Å². The summed E-state index contributed by atoms with van der Waals surface area (Å²) in [5, 5.41) is 12.6. The monoisotopic (exact) mass is 214 g/mol. The molecule has 0 bridgehead atoms. The molecule has 1 rings (SSSR count). The lowest BCUT2D eigenvalue weighted by molar-refractivity contribution is 0.0935. The molecule has 0 heterocycles. The van der Waals surface area contributed by atoms with Crippen LogP contribution in [0.4, 0.5) is 0 Å². The molecule has 1 unspecified atom stereocenters. The third-order valence-electron chi connectivity index (χ3n) is 3.72. The molecule has 1 atom stereocenters. The number of nitrogens with zero attached hydrogens (tertiary/aromatic N) is 1. The number of rotatable bonds is 5. The number of aliphatic hydroxyl groups excluding tert-OH is 1. The van der Waals surface area contributed by atoms with Gasteiger partial charge in [0.25, 0.3) is 0 Å². The van der Waals surface area contributed by atoms with Crippen LogP contribution in [0.15, 0.2) is 0 Å². The summed E-state index contributed by atoms with van der Waals surface area (Å²) in [5.74, 6) is 0. The maximum Gasteiger partial charge on any atom is 0.0584 e. The second kappa shape index (κ2) is 6.46. The minimum absolute atomic E-state index is 0.267. The van der Waals surface area contributed by atoms with E-state index >= 15 is 0 Å². The number of hydrogen-bond acceptors (Lipinski definition) is 3. The van der Waals surface area contributed by atoms with Gasteiger partial charge in [-0.05, 0) is 46.2 Å². The minimum atomic E-state index is 0.267. The van der Waals surface area contributed by atoms with Crippen molar-refractivity contribution >= 4 is 0 Å². The number of nitrogens with one attached hydrogen (secondary N) is 1. The molecule has 0 spiro atoms. The van der Waals surface area contributed by atoms with Crippen molar-refractivity contribution in [2.45, 2.75) is 57.7 Å². The fourth-order valence-electron chi connectivity index (χ4n) is 2.46. The van der Waals surface area contributed by atoms with Gasteiger partial charge in [-0.2, -0.15) is 0 Å². The van der Waals surface area contributed by atoms with Crippen molar-refractivity contribution in [3.63, 3.8) is 0 Å². The van der Waals surface area contributed by atoms with Crippen molar-refractivity contribution < 1.29 is 5.11 Å². The summed E-state index contributed by atoms with van der Waals surface area (Å²) in [6.45, 7) is 5.62. The fourth-order valence-corrected chi connectivity index (χ4v) is 2.46. The van der Waals surface area contributed by atoms with E-state index in [2.05, 4.69) is 31.1 Å². The van der Waals surface area contributed by atoms with Gasteiger partial charge in [-0.3, -0.25) is 4.90 Å². The molecule has 0 radical (unpaired) electrons. The second-order valence-electron chi connectivity index (χ2n) is 4.76. The average Bonchev–Trinajstić information content (AvgIpc) is 2.28. The molecule has 1 aliphatic rings. The molecule has 90 valence electrons. The molecular formula is C12H26N2O. The zero-order valence-electron chi connectivity index (χ0n) is 10.4. The van der Waals surface area contributed by atoms with Gasteiger partial charge in [-0.25, -0.2) is 0 Å². The molecular weight excluding hydrogens is 188 g/mol. The van der Waals surface area contributed by atoms with Gasteiger partial charge < -0.3 is 10.4 Å². The van der Waals surface area contributed by atoms with Gasteiger partial charge in [-0.1, -0.05) is 6.92 Å². The van der Waals surface area contributed by atoms with Crippen LogP contribution >= 0.6 is 0 Å². The highest BCUT2D eigenvalue weighted by Crippen LogP contribution is 2.23. The molecule has 1 aliphatic carbocycles. The Bertz CT molecular complexity index is 167. The summed E-state index contributed by atoms with van der Waals surface area (Å²) in [5.41, 5.74) is 0. The molecule has 0 amide bonds. The Labute approximate surface area is 93.9 Å². The van der Waals surface area contributed by atoms with Crippen molar-refractivity contribution in [3.8, 4) is 0 Å². The van der Waals surface area contributed by atoms with Gasteiger partial charge in [0.05, 0.1) is 6.61 Å². The molecule has 1 saturated carbocycles. The number of likely N-dealkylation sites (N-methyl/N-ethyl adjacent to an activating group) is 1. The van der Waals surface area contributed by atoms with E-state index in [-0.39, 0.29) is 6.61 Å². The molecule has 0 aliphatic heterocycles. The maximum absolute atomic E-state index is 9.12. The van der Waals surface area contributed by atoms with E-state index in [1.54, 1.807) is 0 Å². The van der Waals surface area contributed by atoms with E-state index in [1.165, 1.54) is 25.7 Å². The van der Waals surface area contributed by atoms with Crippen LogP contribution in [0.5, 0.6) is 0 Å². The van der Waals surface area contributed by atoms with Gasteiger partial charge in [0, 0.05) is 18.1 Å². The minimum Gasteiger partial charge on any atom is -0.395 e. The first kappa shape index (κ1) is 12.9. The van der Waals surface area contributed by atoms with Gasteiger partial charge in [0.1, 0.15) is 0 Å². The molecule has 0 aromatic heterocycles. The van der Waals surface area contributed by atoms with Crippen molar-refractivity contribution in [2.24, 2.45) is 0 Å². The predicted molar refractivity (Wildman–Crippen MR) is 64.0 cm³/mol. The van der Waals surface area contributed by atoms with Crippen LogP contribution in [0.25, 0.3) is 0 Å². The lowest BCUT2D eigenvalue weighted by Crippen LogP contribution is -2.45. The highest BCUT2D eigenvalue weighted by atomic mass is 16.3. The van der Waals surface area contributed by atoms with Crippen molar-refractivity contribution in [1.29, 1.82) is 0 Å². The van der Waals surface area contributed by atoms with Gasteiger partial charge >= 0.3 is 0 Å². The first-order valence-corrected chi connectivity index (χ1v) is 6.25. The number of aliphatic hydroxyl groups is 1. The number of hydrogen-bond donors (Lipinski definition) is 2. The summed E-state index contributed by atoms with van der Waals surface area (Å²) in [7, 11) is 2.14. The first-order chi connectivity index (χ1) is 7.19. The fraction of sp³-hybridized carbons (Fsp3) is 1.00. The summed E-state index contributed by atoms with van der Waals surface area (Å²) in [6.07, 6.45) is 5.08. The Hall–Kier alpha value is -0.120. The Morgan fingerprint density at radius 3 is 2.40 bits per heavy atom. The van der Waals surface area contributed by atoms with E-state index < -0.39 is 0 Å². The SMILES string of the molecule is CCNC1CCC(N(C)C(C)CO)CC1. The van der Waals surface area contributed by atoms with Crippen molar-refractivity contribution in [1.82, 2.24) is 10.2 Å². The van der Waals surface area contributed by atoms with E-state index in [0.29, 0.717) is 12.1 Å². The summed E-state index contributed by atoms with van der Waals surface area (Å²) >= 11 is 0. The molecule has 0 saturated heterocycles. The Kier molecular flexibility index (Phi) is 5.58. The van der Waals surface area contributed by atoms with Gasteiger partial charge in [0.2, 0.25) is 0 Å². The zero-order chi connectivity index (χ0) is 11.3. The molecule has 3 nitrogen and oxygen atoms in total. The topological polar surface area (TPSA) is 35.5 Å². The van der Waals surface area contributed by atoms with Crippen LogP contribution in [0.3, 0.4) is 0 Å². The van der Waals surface area contributed by atoms with E-state index in [4.69, 9.17) is 5.11 Å². The second-order valence-corrected chi connectivity index (χ2v) is 4.76. The Morgan fingerprint density at radius 1 is 1.33 bits per heavy atom. The zero-order valence-corrected chi connectivity index (χ0v) is 10.4. The summed E-state index contributed by atoms with van der Waals surface area (Å²) in [4.78, 5) is 2.34. The predicted octanol–water partition coefficient (Wildman–Crippen LogP) is 1.22. The molecule has 15 heavy (non-hydrogen) atoms. The lowest BCUT2D eigenvalue weighted by Gasteiger charge is -2.37. The quantitative estimate of drug-likeness (QED) is 0.722. The standard InChI is InChI=1S/C12H26N2O/c1-4-13-11-5-7-12(8-6-11)14(3)10(2)9-15/h10-13,15H,4-9H2,1-3H3. The van der Waals surface area contributed by atoms with Crippen LogP contribution < -0.4 is 5.32 Å². The van der Waals surface area contributed by atoms with Crippen LogP contribution in [-0.4, -0.2) is 48.3 Å². The summed E-state index contributed by atoms with van der Waals surface area (Å²) in [6, 6.07) is 1.69. The highest BCUT2D eigenvalue weighted by molar-refractivity contribution is 4.83. The molecule has 0 aromatic carbocycles. The largest absolute Gasteiger partial charge is 0.395 e. The van der Waals surface area contributed by atoms with Crippen LogP contribution in [0.2, 0.25) is 0 Å². The van der Waals surface area contributed by atoms with E-state index in [0.717, 1.165) is 12.6 Å². The Morgan fingerprint density at radius 2 is 1.93 bits per heavy atom. The summed E-state index contributed by atoms with van der Waals surface area (Å²) < 4.78 is 0. The van der Waals surface area contributed by atoms with Crippen molar-refractivity contribution in [3.05, 3.63) is 0 Å². The smallest absolute Gasteiger partial charge is 0.0584 e. The lowest BCUT2D eigenvalue weighted by atomic mass is 9.90. The van der Waals surface area contributed by atoms with Gasteiger partial charge in [-0.15, -0.1) is 0 Å². The average molecular weight is 214 g/mol. The van der Waals surface area contributed by atoms with E-state index in [9.17, 15) is 0 Å². The molecule has 3 heteroatoms.